The number of allylic oxidation sites excluding steroid dienone is 2. The van der Waals surface area contributed by atoms with E-state index in [4.69, 9.17) is 10.5 Å². The molecule has 2 N–H and O–H groups in total. The summed E-state index contributed by atoms with van der Waals surface area (Å²) < 4.78 is 5.23. The zero-order chi connectivity index (χ0) is 19.6. The Kier molecular flexibility index (Phi) is 4.91. The van der Waals surface area contributed by atoms with Gasteiger partial charge in [-0.25, -0.2) is 0 Å². The Morgan fingerprint density at radius 3 is 2.41 bits per heavy atom. The van der Waals surface area contributed by atoms with Crippen molar-refractivity contribution in [1.82, 2.24) is 4.90 Å². The number of likely N-dealkylation sites (N-methyl/N-ethyl adjacent to an activating group) is 1. The van der Waals surface area contributed by atoms with Crippen LogP contribution in [-0.2, 0) is 0 Å². The molecule has 0 amide bonds. The van der Waals surface area contributed by atoms with Crippen LogP contribution in [0, 0.1) is 45.3 Å². The number of hydrogen-bond donors (Lipinski definition) is 1. The van der Waals surface area contributed by atoms with Crippen LogP contribution in [0.15, 0.2) is 47.2 Å². The van der Waals surface area contributed by atoms with Gasteiger partial charge in [0.05, 0.1) is 30.5 Å². The van der Waals surface area contributed by atoms with E-state index in [9.17, 15) is 15.8 Å². The molecular formula is C21H21N5O. The average molecular weight is 359 g/mol. The molecule has 27 heavy (non-hydrogen) atoms. The summed E-state index contributed by atoms with van der Waals surface area (Å²) in [7, 11) is 1.59. The SMILES string of the molecule is CCN1CC=C2C(C#N)=C(N)C(C#N)(C#N)[C@H](c3ccc(OC)cc3)[C@H]2C1. The summed E-state index contributed by atoms with van der Waals surface area (Å²) in [6.45, 7) is 4.31. The molecule has 3 rings (SSSR count). The fourth-order valence-electron chi connectivity index (χ4n) is 4.19. The monoisotopic (exact) mass is 359 g/mol. The van der Waals surface area contributed by atoms with Gasteiger partial charge < -0.3 is 10.5 Å². The summed E-state index contributed by atoms with van der Waals surface area (Å²) in [5, 5.41) is 29.7. The third-order valence-corrected chi connectivity index (χ3v) is 5.66. The molecule has 136 valence electrons. The molecule has 1 aliphatic heterocycles. The highest BCUT2D eigenvalue weighted by Gasteiger charge is 2.54. The van der Waals surface area contributed by atoms with E-state index < -0.39 is 11.3 Å². The minimum absolute atomic E-state index is 0.0586. The maximum absolute atomic E-state index is 10.0. The van der Waals surface area contributed by atoms with Crippen molar-refractivity contribution in [2.24, 2.45) is 17.1 Å². The smallest absolute Gasteiger partial charge is 0.191 e. The molecular weight excluding hydrogens is 338 g/mol. The Bertz CT molecular complexity index is 909. The molecule has 6 nitrogen and oxygen atoms in total. The Labute approximate surface area is 159 Å². The van der Waals surface area contributed by atoms with Crippen LogP contribution < -0.4 is 10.5 Å². The molecule has 1 aromatic rings. The summed E-state index contributed by atoms with van der Waals surface area (Å²) in [6.07, 6.45) is 2.01. The number of fused-ring (bicyclic) bond motifs is 1. The van der Waals surface area contributed by atoms with Crippen LogP contribution in [0.4, 0.5) is 0 Å². The molecule has 6 heteroatoms. The van der Waals surface area contributed by atoms with Crippen molar-refractivity contribution in [3.63, 3.8) is 0 Å². The lowest BCUT2D eigenvalue weighted by Gasteiger charge is -2.45. The lowest BCUT2D eigenvalue weighted by molar-refractivity contribution is 0.214. The second kappa shape index (κ2) is 7.16. The number of nitrogens with two attached hydrogens (primary N) is 1. The molecule has 0 saturated carbocycles. The van der Waals surface area contributed by atoms with E-state index in [1.807, 2.05) is 30.3 Å². The number of benzene rings is 1. The van der Waals surface area contributed by atoms with Crippen molar-refractivity contribution >= 4 is 0 Å². The van der Waals surface area contributed by atoms with Gasteiger partial charge in [-0.1, -0.05) is 25.1 Å². The Hall–Kier alpha value is -3.27. The van der Waals surface area contributed by atoms with Crippen LogP contribution in [0.1, 0.15) is 18.4 Å². The van der Waals surface area contributed by atoms with Crippen molar-refractivity contribution in [3.05, 3.63) is 52.7 Å². The molecule has 2 aliphatic rings. The summed E-state index contributed by atoms with van der Waals surface area (Å²) in [6, 6.07) is 13.8. The topological polar surface area (TPSA) is 110 Å². The predicted molar refractivity (Wildman–Crippen MR) is 99.9 cm³/mol. The summed E-state index contributed by atoms with van der Waals surface area (Å²) in [4.78, 5) is 2.24. The highest BCUT2D eigenvalue weighted by molar-refractivity contribution is 5.59. The van der Waals surface area contributed by atoms with Gasteiger partial charge in [-0.05, 0) is 29.8 Å². The number of rotatable bonds is 3. The third-order valence-electron chi connectivity index (χ3n) is 5.66. The molecule has 1 aromatic carbocycles. The normalized spacial score (nSPS) is 24.0. The first-order valence-electron chi connectivity index (χ1n) is 8.85. The molecule has 0 unspecified atom stereocenters. The van der Waals surface area contributed by atoms with Gasteiger partial charge in [0.1, 0.15) is 11.8 Å². The van der Waals surface area contributed by atoms with Gasteiger partial charge >= 0.3 is 0 Å². The van der Waals surface area contributed by atoms with Gasteiger partial charge in [-0.3, -0.25) is 4.90 Å². The number of nitrogens with zero attached hydrogens (tertiary/aromatic N) is 4. The van der Waals surface area contributed by atoms with Gasteiger partial charge in [0.2, 0.25) is 0 Å². The number of ether oxygens (including phenoxy) is 1. The molecule has 0 spiro atoms. The molecule has 0 fully saturated rings. The lowest BCUT2D eigenvalue weighted by Crippen LogP contribution is -2.48. The number of nitriles is 3. The van der Waals surface area contributed by atoms with E-state index >= 15 is 0 Å². The van der Waals surface area contributed by atoms with Crippen molar-refractivity contribution in [1.29, 1.82) is 15.8 Å². The van der Waals surface area contributed by atoms with E-state index in [0.717, 1.165) is 24.2 Å². The van der Waals surface area contributed by atoms with E-state index in [1.165, 1.54) is 0 Å². The molecule has 1 aliphatic carbocycles. The molecule has 0 bridgehead atoms. The summed E-state index contributed by atoms with van der Waals surface area (Å²) >= 11 is 0. The van der Waals surface area contributed by atoms with Crippen molar-refractivity contribution in [3.8, 4) is 24.0 Å². The first-order valence-corrected chi connectivity index (χ1v) is 8.85. The maximum atomic E-state index is 10.0. The van der Waals surface area contributed by atoms with Crippen molar-refractivity contribution < 1.29 is 4.74 Å². The van der Waals surface area contributed by atoms with Crippen LogP contribution in [0.25, 0.3) is 0 Å². The van der Waals surface area contributed by atoms with Crippen LogP contribution in [0.2, 0.25) is 0 Å². The van der Waals surface area contributed by atoms with Crippen molar-refractivity contribution in [2.45, 2.75) is 12.8 Å². The highest BCUT2D eigenvalue weighted by Crippen LogP contribution is 2.54. The van der Waals surface area contributed by atoms with Crippen LogP contribution in [-0.4, -0.2) is 31.6 Å². The average Bonchev–Trinajstić information content (AvgIpc) is 2.73. The number of methoxy groups -OCH3 is 1. The minimum Gasteiger partial charge on any atom is -0.497 e. The van der Waals surface area contributed by atoms with E-state index in [1.54, 1.807) is 7.11 Å². The van der Waals surface area contributed by atoms with E-state index in [0.29, 0.717) is 12.3 Å². The first kappa shape index (κ1) is 18.5. The second-order valence-corrected chi connectivity index (χ2v) is 6.80. The quantitative estimate of drug-likeness (QED) is 0.887. The Morgan fingerprint density at radius 1 is 1.22 bits per heavy atom. The largest absolute Gasteiger partial charge is 0.497 e. The Balaban J connectivity index is 2.27. The lowest BCUT2D eigenvalue weighted by atomic mass is 9.58. The highest BCUT2D eigenvalue weighted by atomic mass is 16.5. The zero-order valence-corrected chi connectivity index (χ0v) is 15.4. The zero-order valence-electron chi connectivity index (χ0n) is 15.4. The summed E-state index contributed by atoms with van der Waals surface area (Å²) in [5.41, 5.74) is 6.72. The van der Waals surface area contributed by atoms with Gasteiger partial charge in [0.15, 0.2) is 5.41 Å². The maximum Gasteiger partial charge on any atom is 0.191 e. The first-order chi connectivity index (χ1) is 13.1. The van der Waals surface area contributed by atoms with Gasteiger partial charge in [-0.2, -0.15) is 15.8 Å². The molecule has 0 aromatic heterocycles. The fourth-order valence-corrected chi connectivity index (χ4v) is 4.19. The van der Waals surface area contributed by atoms with Crippen LogP contribution in [0.5, 0.6) is 5.75 Å². The minimum atomic E-state index is -1.58. The Morgan fingerprint density at radius 2 is 1.89 bits per heavy atom. The van der Waals surface area contributed by atoms with Gasteiger partial charge in [-0.15, -0.1) is 0 Å². The standard InChI is InChI=1S/C21H21N5O/c1-3-26-9-8-16-17(10-22)20(25)21(12-23,13-24)19(18(16)11-26)14-4-6-15(27-2)7-5-14/h4-8,18-19H,3,9,11,25H2,1-2H3/t18-,19+/m0/s1. The van der Waals surface area contributed by atoms with Gasteiger partial charge in [0, 0.05) is 24.9 Å². The second-order valence-electron chi connectivity index (χ2n) is 6.80. The molecule has 1 heterocycles. The van der Waals surface area contributed by atoms with Crippen molar-refractivity contribution in [2.75, 3.05) is 26.7 Å². The van der Waals surface area contributed by atoms with Gasteiger partial charge in [0.25, 0.3) is 0 Å². The summed E-state index contributed by atoms with van der Waals surface area (Å²) in [5.74, 6) is 0.0781. The van der Waals surface area contributed by atoms with E-state index in [-0.39, 0.29) is 17.2 Å². The van der Waals surface area contributed by atoms with Crippen LogP contribution >= 0.6 is 0 Å². The van der Waals surface area contributed by atoms with E-state index in [2.05, 4.69) is 30.0 Å². The number of hydrogen-bond acceptors (Lipinski definition) is 6. The third kappa shape index (κ3) is 2.74. The molecule has 2 atom stereocenters. The predicted octanol–water partition coefficient (Wildman–Crippen LogP) is 2.44. The molecule has 0 saturated heterocycles. The fraction of sp³-hybridized carbons (Fsp3) is 0.381. The van der Waals surface area contributed by atoms with Crippen LogP contribution in [0.3, 0.4) is 0 Å². The molecule has 0 radical (unpaired) electrons.